The van der Waals surface area contributed by atoms with Crippen LogP contribution in [0.5, 0.6) is 0 Å². The van der Waals surface area contributed by atoms with Crippen LogP contribution in [-0.2, 0) is 4.79 Å². The summed E-state index contributed by atoms with van der Waals surface area (Å²) in [5.74, 6) is -4.15. The molecule has 0 radical (unpaired) electrons. The van der Waals surface area contributed by atoms with Crippen molar-refractivity contribution < 1.29 is 23.5 Å². The summed E-state index contributed by atoms with van der Waals surface area (Å²) < 4.78 is 26.2. The van der Waals surface area contributed by atoms with Gasteiger partial charge in [-0.15, -0.1) is 0 Å². The van der Waals surface area contributed by atoms with Gasteiger partial charge in [0.05, 0.1) is 11.5 Å². The number of carbonyl (C=O) groups is 2. The number of carbonyl (C=O) groups excluding carboxylic acids is 1. The molecular formula is C13H15F2NO3. The highest BCUT2D eigenvalue weighted by Crippen LogP contribution is 2.10. The van der Waals surface area contributed by atoms with Crippen LogP contribution in [0.25, 0.3) is 0 Å². The van der Waals surface area contributed by atoms with Crippen molar-refractivity contribution in [1.82, 2.24) is 5.32 Å². The van der Waals surface area contributed by atoms with E-state index in [1.165, 1.54) is 0 Å². The SMILES string of the molecule is CCCC(CNC(=O)c1cc(F)ccc1F)C(=O)O. The Morgan fingerprint density at radius 3 is 2.63 bits per heavy atom. The van der Waals surface area contributed by atoms with Gasteiger partial charge in [-0.05, 0) is 24.6 Å². The molecule has 0 spiro atoms. The molecule has 0 saturated carbocycles. The molecule has 104 valence electrons. The second-order valence-corrected chi connectivity index (χ2v) is 4.16. The number of benzene rings is 1. The normalized spacial score (nSPS) is 11.9. The monoisotopic (exact) mass is 271 g/mol. The standard InChI is InChI=1S/C13H15F2NO3/c1-2-3-8(13(18)19)7-16-12(17)10-6-9(14)4-5-11(10)15/h4-6,8H,2-3,7H2,1H3,(H,16,17)(H,18,19). The summed E-state index contributed by atoms with van der Waals surface area (Å²) >= 11 is 0. The zero-order valence-electron chi connectivity index (χ0n) is 10.5. The van der Waals surface area contributed by atoms with E-state index >= 15 is 0 Å². The molecule has 6 heteroatoms. The first-order chi connectivity index (χ1) is 8.95. The zero-order chi connectivity index (χ0) is 14.4. The van der Waals surface area contributed by atoms with E-state index in [4.69, 9.17) is 5.11 Å². The van der Waals surface area contributed by atoms with Gasteiger partial charge in [0, 0.05) is 6.54 Å². The number of nitrogens with one attached hydrogen (secondary N) is 1. The molecule has 1 rings (SSSR count). The van der Waals surface area contributed by atoms with Crippen LogP contribution in [0.1, 0.15) is 30.1 Å². The second-order valence-electron chi connectivity index (χ2n) is 4.16. The van der Waals surface area contributed by atoms with Crippen molar-refractivity contribution >= 4 is 11.9 Å². The number of amides is 1. The molecular weight excluding hydrogens is 256 g/mol. The van der Waals surface area contributed by atoms with Gasteiger partial charge in [0.25, 0.3) is 5.91 Å². The van der Waals surface area contributed by atoms with Gasteiger partial charge in [-0.25, -0.2) is 8.78 Å². The van der Waals surface area contributed by atoms with Crippen LogP contribution in [-0.4, -0.2) is 23.5 Å². The maximum Gasteiger partial charge on any atom is 0.308 e. The summed E-state index contributed by atoms with van der Waals surface area (Å²) in [5.41, 5.74) is -0.430. The van der Waals surface area contributed by atoms with Crippen molar-refractivity contribution in [2.75, 3.05) is 6.54 Å². The van der Waals surface area contributed by atoms with E-state index in [-0.39, 0.29) is 6.54 Å². The van der Waals surface area contributed by atoms with Crippen LogP contribution in [0.2, 0.25) is 0 Å². The van der Waals surface area contributed by atoms with Gasteiger partial charge in [-0.2, -0.15) is 0 Å². The lowest BCUT2D eigenvalue weighted by atomic mass is 10.0. The highest BCUT2D eigenvalue weighted by Gasteiger charge is 2.19. The van der Waals surface area contributed by atoms with E-state index < -0.39 is 35.0 Å². The molecule has 0 aromatic heterocycles. The maximum absolute atomic E-state index is 13.3. The number of carboxylic acids is 1. The lowest BCUT2D eigenvalue weighted by Crippen LogP contribution is -2.33. The van der Waals surface area contributed by atoms with Crippen molar-refractivity contribution in [1.29, 1.82) is 0 Å². The van der Waals surface area contributed by atoms with Crippen LogP contribution in [0.4, 0.5) is 8.78 Å². The molecule has 1 atom stereocenters. The van der Waals surface area contributed by atoms with Gasteiger partial charge < -0.3 is 10.4 Å². The Balaban J connectivity index is 2.69. The average molecular weight is 271 g/mol. The Labute approximate surface area is 109 Å². The van der Waals surface area contributed by atoms with Crippen molar-refractivity contribution in [2.45, 2.75) is 19.8 Å². The number of aliphatic carboxylic acids is 1. The summed E-state index contributed by atoms with van der Waals surface area (Å²) in [7, 11) is 0. The van der Waals surface area contributed by atoms with Crippen molar-refractivity contribution in [3.8, 4) is 0 Å². The first-order valence-corrected chi connectivity index (χ1v) is 5.91. The summed E-state index contributed by atoms with van der Waals surface area (Å²) in [6.45, 7) is 1.71. The van der Waals surface area contributed by atoms with Crippen molar-refractivity contribution in [3.63, 3.8) is 0 Å². The van der Waals surface area contributed by atoms with Gasteiger partial charge >= 0.3 is 5.97 Å². The highest BCUT2D eigenvalue weighted by atomic mass is 19.1. The van der Waals surface area contributed by atoms with Crippen LogP contribution < -0.4 is 5.32 Å². The predicted molar refractivity (Wildman–Crippen MR) is 64.7 cm³/mol. The molecule has 1 unspecified atom stereocenters. The molecule has 0 aliphatic rings. The Kier molecular flexibility index (Phi) is 5.41. The largest absolute Gasteiger partial charge is 0.481 e. The van der Waals surface area contributed by atoms with E-state index in [0.717, 1.165) is 18.2 Å². The molecule has 0 aliphatic carbocycles. The summed E-state index contributed by atoms with van der Waals surface area (Å²) in [5, 5.41) is 11.2. The first-order valence-electron chi connectivity index (χ1n) is 5.91. The minimum Gasteiger partial charge on any atom is -0.481 e. The van der Waals surface area contributed by atoms with Gasteiger partial charge in [-0.3, -0.25) is 9.59 Å². The Morgan fingerprint density at radius 2 is 2.05 bits per heavy atom. The second kappa shape index (κ2) is 6.82. The maximum atomic E-state index is 13.3. The minimum atomic E-state index is -1.03. The molecule has 0 fully saturated rings. The third-order valence-corrected chi connectivity index (χ3v) is 2.67. The number of hydrogen-bond donors (Lipinski definition) is 2. The summed E-state index contributed by atoms with van der Waals surface area (Å²) in [6.07, 6.45) is 1.06. The highest BCUT2D eigenvalue weighted by molar-refractivity contribution is 5.94. The number of hydrogen-bond acceptors (Lipinski definition) is 2. The summed E-state index contributed by atoms with van der Waals surface area (Å²) in [4.78, 5) is 22.5. The molecule has 0 bridgehead atoms. The lowest BCUT2D eigenvalue weighted by Gasteiger charge is -2.12. The van der Waals surface area contributed by atoms with Crippen molar-refractivity contribution in [3.05, 3.63) is 35.4 Å². The molecule has 0 aliphatic heterocycles. The Bertz CT molecular complexity index is 477. The Morgan fingerprint density at radius 1 is 1.37 bits per heavy atom. The number of rotatable bonds is 6. The van der Waals surface area contributed by atoms with E-state index in [2.05, 4.69) is 5.32 Å². The predicted octanol–water partition coefficient (Wildman–Crippen LogP) is 2.20. The van der Waals surface area contributed by atoms with Crippen molar-refractivity contribution in [2.24, 2.45) is 5.92 Å². The van der Waals surface area contributed by atoms with Crippen LogP contribution in [0.3, 0.4) is 0 Å². The topological polar surface area (TPSA) is 66.4 Å². The van der Waals surface area contributed by atoms with Crippen LogP contribution >= 0.6 is 0 Å². The van der Waals surface area contributed by atoms with Crippen LogP contribution in [0, 0.1) is 17.6 Å². The fourth-order valence-electron chi connectivity index (χ4n) is 1.64. The number of carboxylic acid groups (broad SMARTS) is 1. The third-order valence-electron chi connectivity index (χ3n) is 2.67. The first kappa shape index (κ1) is 15.1. The van der Waals surface area contributed by atoms with E-state index in [9.17, 15) is 18.4 Å². The van der Waals surface area contributed by atoms with E-state index in [0.29, 0.717) is 12.8 Å². The molecule has 0 heterocycles. The molecule has 1 aromatic rings. The van der Waals surface area contributed by atoms with Gasteiger partial charge in [0.1, 0.15) is 11.6 Å². The molecule has 19 heavy (non-hydrogen) atoms. The Hall–Kier alpha value is -1.98. The third kappa shape index (κ3) is 4.31. The van der Waals surface area contributed by atoms with E-state index in [1.807, 2.05) is 6.92 Å². The molecule has 0 saturated heterocycles. The van der Waals surface area contributed by atoms with E-state index in [1.54, 1.807) is 0 Å². The zero-order valence-corrected chi connectivity index (χ0v) is 10.5. The average Bonchev–Trinajstić information content (AvgIpc) is 2.36. The van der Waals surface area contributed by atoms with Gasteiger partial charge in [-0.1, -0.05) is 13.3 Å². The lowest BCUT2D eigenvalue weighted by molar-refractivity contribution is -0.141. The molecule has 1 amide bonds. The molecule has 2 N–H and O–H groups in total. The van der Waals surface area contributed by atoms with Crippen LogP contribution in [0.15, 0.2) is 18.2 Å². The number of halogens is 2. The van der Waals surface area contributed by atoms with Gasteiger partial charge in [0.15, 0.2) is 0 Å². The quantitative estimate of drug-likeness (QED) is 0.833. The minimum absolute atomic E-state index is 0.113. The fraction of sp³-hybridized carbons (Fsp3) is 0.385. The molecule has 1 aromatic carbocycles. The fourth-order valence-corrected chi connectivity index (χ4v) is 1.64. The smallest absolute Gasteiger partial charge is 0.308 e. The summed E-state index contributed by atoms with van der Waals surface area (Å²) in [6, 6.07) is 2.54. The van der Waals surface area contributed by atoms with Gasteiger partial charge in [0.2, 0.25) is 0 Å². The molecule has 4 nitrogen and oxygen atoms in total.